The molecule has 0 heterocycles. The van der Waals surface area contributed by atoms with Crippen molar-refractivity contribution in [3.8, 4) is 0 Å². The van der Waals surface area contributed by atoms with Gasteiger partial charge in [0.1, 0.15) is 0 Å². The first-order chi connectivity index (χ1) is 9.83. The number of carbonyl (C=O) groups excluding carboxylic acids is 1. The Balaban J connectivity index is 2.20. The summed E-state index contributed by atoms with van der Waals surface area (Å²) < 4.78 is 0. The normalized spacial score (nSPS) is 25.4. The van der Waals surface area contributed by atoms with E-state index in [1.165, 1.54) is 0 Å². The quantitative estimate of drug-likeness (QED) is 0.898. The molecule has 2 unspecified atom stereocenters. The van der Waals surface area contributed by atoms with Crippen LogP contribution in [0, 0.1) is 19.8 Å². The van der Waals surface area contributed by atoms with Gasteiger partial charge in [0.05, 0.1) is 11.5 Å². The molecule has 1 aromatic carbocycles. The molecular formula is C17H23NO3. The van der Waals surface area contributed by atoms with E-state index in [1.807, 2.05) is 32.9 Å². The number of hydrogen-bond acceptors (Lipinski definition) is 2. The van der Waals surface area contributed by atoms with Crippen LogP contribution in [0.5, 0.6) is 0 Å². The molecule has 1 aliphatic rings. The number of amides is 1. The van der Waals surface area contributed by atoms with E-state index in [1.54, 1.807) is 6.07 Å². The standard InChI is InChI=1S/C17H23NO3/c1-11-7-8-13(10-12(11)2)15(19)18-17(3)9-5-4-6-14(17)16(20)21/h7-8,10,14H,4-6,9H2,1-3H3,(H,18,19)(H,20,21). The molecule has 1 amide bonds. The van der Waals surface area contributed by atoms with E-state index in [0.29, 0.717) is 18.4 Å². The van der Waals surface area contributed by atoms with E-state index < -0.39 is 17.4 Å². The van der Waals surface area contributed by atoms with Gasteiger partial charge >= 0.3 is 5.97 Å². The summed E-state index contributed by atoms with van der Waals surface area (Å²) in [6, 6.07) is 5.56. The van der Waals surface area contributed by atoms with Gasteiger partial charge in [0.15, 0.2) is 0 Å². The Labute approximate surface area is 125 Å². The lowest BCUT2D eigenvalue weighted by Crippen LogP contribution is -2.55. The van der Waals surface area contributed by atoms with E-state index in [0.717, 1.165) is 24.0 Å². The molecule has 1 aromatic rings. The van der Waals surface area contributed by atoms with Crippen LogP contribution < -0.4 is 5.32 Å². The number of benzene rings is 1. The van der Waals surface area contributed by atoms with Gasteiger partial charge in [0, 0.05) is 5.56 Å². The zero-order valence-corrected chi connectivity index (χ0v) is 12.9. The van der Waals surface area contributed by atoms with E-state index in [2.05, 4.69) is 5.32 Å². The number of aryl methyl sites for hydroxylation is 2. The topological polar surface area (TPSA) is 66.4 Å². The molecule has 1 saturated carbocycles. The summed E-state index contributed by atoms with van der Waals surface area (Å²) in [6.45, 7) is 5.82. The van der Waals surface area contributed by atoms with Gasteiger partial charge in [-0.25, -0.2) is 0 Å². The van der Waals surface area contributed by atoms with Crippen LogP contribution in [0.15, 0.2) is 18.2 Å². The minimum absolute atomic E-state index is 0.186. The number of carboxylic acid groups (broad SMARTS) is 1. The highest BCUT2D eigenvalue weighted by molar-refractivity contribution is 5.95. The van der Waals surface area contributed by atoms with Crippen molar-refractivity contribution in [2.24, 2.45) is 5.92 Å². The summed E-state index contributed by atoms with van der Waals surface area (Å²) in [5.41, 5.74) is 2.12. The summed E-state index contributed by atoms with van der Waals surface area (Å²) in [7, 11) is 0. The molecule has 4 nitrogen and oxygen atoms in total. The SMILES string of the molecule is Cc1ccc(C(=O)NC2(C)CCCCC2C(=O)O)cc1C. The number of nitrogens with one attached hydrogen (secondary N) is 1. The third-order valence-electron chi connectivity index (χ3n) is 4.67. The maximum atomic E-state index is 12.4. The number of rotatable bonds is 3. The van der Waals surface area contributed by atoms with Crippen LogP contribution in [-0.4, -0.2) is 22.5 Å². The Kier molecular flexibility index (Phi) is 4.35. The Morgan fingerprint density at radius 3 is 2.57 bits per heavy atom. The average Bonchev–Trinajstić information content (AvgIpc) is 2.41. The van der Waals surface area contributed by atoms with Crippen molar-refractivity contribution >= 4 is 11.9 Å². The van der Waals surface area contributed by atoms with Crippen LogP contribution in [-0.2, 0) is 4.79 Å². The zero-order chi connectivity index (χ0) is 15.6. The lowest BCUT2D eigenvalue weighted by molar-refractivity contribution is -0.145. The van der Waals surface area contributed by atoms with Crippen molar-refractivity contribution in [1.29, 1.82) is 0 Å². The maximum Gasteiger partial charge on any atom is 0.308 e. The molecule has 0 bridgehead atoms. The molecule has 4 heteroatoms. The number of carbonyl (C=O) groups is 2. The second-order valence-corrected chi connectivity index (χ2v) is 6.31. The van der Waals surface area contributed by atoms with Gasteiger partial charge in [0.2, 0.25) is 0 Å². The average molecular weight is 289 g/mol. The first-order valence-corrected chi connectivity index (χ1v) is 7.46. The second-order valence-electron chi connectivity index (χ2n) is 6.31. The van der Waals surface area contributed by atoms with Crippen LogP contribution in [0.1, 0.15) is 54.1 Å². The van der Waals surface area contributed by atoms with Gasteiger partial charge in [-0.15, -0.1) is 0 Å². The number of carboxylic acids is 1. The fourth-order valence-electron chi connectivity index (χ4n) is 3.09. The molecule has 0 aliphatic heterocycles. The third kappa shape index (κ3) is 3.26. The number of aliphatic carboxylic acids is 1. The van der Waals surface area contributed by atoms with Gasteiger partial charge in [-0.05, 0) is 56.9 Å². The van der Waals surface area contributed by atoms with Crippen molar-refractivity contribution in [3.63, 3.8) is 0 Å². The van der Waals surface area contributed by atoms with Gasteiger partial charge in [-0.1, -0.05) is 18.9 Å². The molecular weight excluding hydrogens is 266 g/mol. The van der Waals surface area contributed by atoms with Gasteiger partial charge in [-0.2, -0.15) is 0 Å². The summed E-state index contributed by atoms with van der Waals surface area (Å²) in [6.07, 6.45) is 3.19. The molecule has 1 fully saturated rings. The first-order valence-electron chi connectivity index (χ1n) is 7.46. The van der Waals surface area contributed by atoms with Gasteiger partial charge in [0.25, 0.3) is 5.91 Å². The maximum absolute atomic E-state index is 12.4. The Morgan fingerprint density at radius 2 is 1.95 bits per heavy atom. The Morgan fingerprint density at radius 1 is 1.24 bits per heavy atom. The lowest BCUT2D eigenvalue weighted by Gasteiger charge is -2.39. The van der Waals surface area contributed by atoms with Crippen LogP contribution >= 0.6 is 0 Å². The largest absolute Gasteiger partial charge is 0.481 e. The minimum atomic E-state index is -0.822. The van der Waals surface area contributed by atoms with Crippen molar-refractivity contribution in [2.45, 2.75) is 52.0 Å². The molecule has 0 radical (unpaired) electrons. The van der Waals surface area contributed by atoms with Gasteiger partial charge in [-0.3, -0.25) is 9.59 Å². The van der Waals surface area contributed by atoms with Gasteiger partial charge < -0.3 is 10.4 Å². The molecule has 114 valence electrons. The van der Waals surface area contributed by atoms with E-state index in [9.17, 15) is 14.7 Å². The fourth-order valence-corrected chi connectivity index (χ4v) is 3.09. The minimum Gasteiger partial charge on any atom is -0.481 e. The molecule has 1 aliphatic carbocycles. The lowest BCUT2D eigenvalue weighted by atomic mass is 9.73. The van der Waals surface area contributed by atoms with E-state index in [-0.39, 0.29) is 5.91 Å². The highest BCUT2D eigenvalue weighted by Crippen LogP contribution is 2.34. The Bertz CT molecular complexity index is 567. The Hall–Kier alpha value is -1.84. The zero-order valence-electron chi connectivity index (χ0n) is 12.9. The van der Waals surface area contributed by atoms with Crippen molar-refractivity contribution in [3.05, 3.63) is 34.9 Å². The predicted octanol–water partition coefficient (Wildman–Crippen LogP) is 3.07. The summed E-state index contributed by atoms with van der Waals surface area (Å²) in [4.78, 5) is 23.9. The van der Waals surface area contributed by atoms with Crippen LogP contribution in [0.4, 0.5) is 0 Å². The van der Waals surface area contributed by atoms with Crippen molar-refractivity contribution in [2.75, 3.05) is 0 Å². The monoisotopic (exact) mass is 289 g/mol. The highest BCUT2D eigenvalue weighted by Gasteiger charge is 2.42. The molecule has 0 spiro atoms. The third-order valence-corrected chi connectivity index (χ3v) is 4.67. The van der Waals surface area contributed by atoms with Crippen molar-refractivity contribution in [1.82, 2.24) is 5.32 Å². The molecule has 0 aromatic heterocycles. The molecule has 2 rings (SSSR count). The molecule has 2 N–H and O–H groups in total. The summed E-state index contributed by atoms with van der Waals surface area (Å²) in [5.74, 6) is -1.52. The first kappa shape index (κ1) is 15.5. The van der Waals surface area contributed by atoms with Crippen LogP contribution in [0.25, 0.3) is 0 Å². The smallest absolute Gasteiger partial charge is 0.308 e. The highest BCUT2D eigenvalue weighted by atomic mass is 16.4. The summed E-state index contributed by atoms with van der Waals surface area (Å²) >= 11 is 0. The number of hydrogen-bond donors (Lipinski definition) is 2. The van der Waals surface area contributed by atoms with Crippen molar-refractivity contribution < 1.29 is 14.7 Å². The second kappa shape index (κ2) is 5.88. The van der Waals surface area contributed by atoms with E-state index >= 15 is 0 Å². The van der Waals surface area contributed by atoms with Crippen LogP contribution in [0.2, 0.25) is 0 Å². The fraction of sp³-hybridized carbons (Fsp3) is 0.529. The van der Waals surface area contributed by atoms with Crippen LogP contribution in [0.3, 0.4) is 0 Å². The van der Waals surface area contributed by atoms with E-state index in [4.69, 9.17) is 0 Å². The summed E-state index contributed by atoms with van der Waals surface area (Å²) in [5, 5.41) is 12.4. The predicted molar refractivity (Wildman–Crippen MR) is 81.4 cm³/mol. The molecule has 21 heavy (non-hydrogen) atoms. The molecule has 0 saturated heterocycles. The molecule has 2 atom stereocenters.